The average Bonchev–Trinajstić information content (AvgIpc) is 2.83. The molecule has 1 heterocycles. The van der Waals surface area contributed by atoms with Crippen LogP contribution in [0.5, 0.6) is 0 Å². The second kappa shape index (κ2) is 4.93. The predicted octanol–water partition coefficient (Wildman–Crippen LogP) is 3.60. The first-order valence-corrected chi connectivity index (χ1v) is 5.34. The van der Waals surface area contributed by atoms with Gasteiger partial charge in [0, 0.05) is 11.1 Å². The second-order valence-corrected chi connectivity index (χ2v) is 3.96. The third-order valence-electron chi connectivity index (χ3n) is 2.21. The molecule has 100 valence electrons. The zero-order valence-electron chi connectivity index (χ0n) is 9.16. The Bertz CT molecular complexity index is 596. The Morgan fingerprint density at radius 2 is 2.05 bits per heavy atom. The Kier molecular flexibility index (Phi) is 3.48. The van der Waals surface area contributed by atoms with Gasteiger partial charge >= 0.3 is 6.18 Å². The number of aromatic nitrogens is 1. The molecule has 2 rings (SSSR count). The number of halogens is 4. The van der Waals surface area contributed by atoms with Crippen molar-refractivity contribution < 1.29 is 22.5 Å². The summed E-state index contributed by atoms with van der Waals surface area (Å²) in [6, 6.07) is 4.29. The molecule has 0 aliphatic rings. The molecule has 1 aromatic carbocycles. The van der Waals surface area contributed by atoms with E-state index in [1.165, 1.54) is 12.1 Å². The van der Waals surface area contributed by atoms with Crippen LogP contribution in [0.2, 0.25) is 5.02 Å². The van der Waals surface area contributed by atoms with E-state index in [4.69, 9.17) is 11.6 Å². The molecule has 2 aromatic rings. The van der Waals surface area contributed by atoms with Crippen molar-refractivity contribution in [2.75, 3.05) is 5.32 Å². The second-order valence-electron chi connectivity index (χ2n) is 3.53. The van der Waals surface area contributed by atoms with Gasteiger partial charge in [0.05, 0.1) is 11.3 Å². The number of nitrogens with one attached hydrogen (secondary N) is 1. The van der Waals surface area contributed by atoms with E-state index in [2.05, 4.69) is 15.0 Å². The van der Waals surface area contributed by atoms with E-state index in [9.17, 15) is 18.0 Å². The van der Waals surface area contributed by atoms with Crippen molar-refractivity contribution in [2.45, 2.75) is 6.18 Å². The van der Waals surface area contributed by atoms with Crippen LogP contribution in [0.3, 0.4) is 0 Å². The van der Waals surface area contributed by atoms with Gasteiger partial charge in [-0.05, 0) is 18.2 Å². The average molecular weight is 291 g/mol. The summed E-state index contributed by atoms with van der Waals surface area (Å²) >= 11 is 5.52. The van der Waals surface area contributed by atoms with Crippen LogP contribution in [0.15, 0.2) is 35.1 Å². The number of anilines is 1. The summed E-state index contributed by atoms with van der Waals surface area (Å²) < 4.78 is 42.8. The SMILES string of the molecule is O=C(Nc1ccc(Cl)cc1C(F)(F)F)c1ccon1. The lowest BCUT2D eigenvalue weighted by Gasteiger charge is -2.13. The number of nitrogens with zero attached hydrogens (tertiary/aromatic N) is 1. The van der Waals surface area contributed by atoms with Crippen molar-refractivity contribution in [1.82, 2.24) is 5.16 Å². The molecule has 0 atom stereocenters. The molecule has 4 nitrogen and oxygen atoms in total. The topological polar surface area (TPSA) is 55.1 Å². The summed E-state index contributed by atoms with van der Waals surface area (Å²) in [5.41, 5.74) is -1.55. The van der Waals surface area contributed by atoms with Gasteiger partial charge in [-0.1, -0.05) is 16.8 Å². The van der Waals surface area contributed by atoms with Crippen molar-refractivity contribution >= 4 is 23.2 Å². The molecule has 0 bridgehead atoms. The molecule has 0 spiro atoms. The van der Waals surface area contributed by atoms with Crippen LogP contribution in [0.1, 0.15) is 16.1 Å². The fraction of sp³-hybridized carbons (Fsp3) is 0.0909. The first kappa shape index (κ1) is 13.4. The highest BCUT2D eigenvalue weighted by molar-refractivity contribution is 6.30. The maximum absolute atomic E-state index is 12.8. The molecule has 0 saturated carbocycles. The first-order chi connectivity index (χ1) is 8.88. The summed E-state index contributed by atoms with van der Waals surface area (Å²) in [6.07, 6.45) is -3.49. The Labute approximate surface area is 110 Å². The monoisotopic (exact) mass is 290 g/mol. The van der Waals surface area contributed by atoms with E-state index in [1.807, 2.05) is 0 Å². The number of rotatable bonds is 2. The molecular formula is C11H6ClF3N2O2. The number of carbonyl (C=O) groups is 1. The quantitative estimate of drug-likeness (QED) is 0.919. The van der Waals surface area contributed by atoms with Gasteiger partial charge < -0.3 is 9.84 Å². The van der Waals surface area contributed by atoms with Gasteiger partial charge in [-0.15, -0.1) is 0 Å². The normalized spacial score (nSPS) is 11.4. The lowest BCUT2D eigenvalue weighted by atomic mass is 10.1. The van der Waals surface area contributed by atoms with E-state index in [0.717, 1.165) is 18.4 Å². The standard InChI is InChI=1S/C11H6ClF3N2O2/c12-6-1-2-8(7(5-6)11(13,14)15)16-10(18)9-3-4-19-17-9/h1-5H,(H,16,18). The Morgan fingerprint density at radius 3 is 2.63 bits per heavy atom. The maximum atomic E-state index is 12.8. The minimum absolute atomic E-state index is 0.0771. The van der Waals surface area contributed by atoms with Crippen LogP contribution in [-0.4, -0.2) is 11.1 Å². The van der Waals surface area contributed by atoms with Gasteiger partial charge in [-0.3, -0.25) is 4.79 Å². The highest BCUT2D eigenvalue weighted by Crippen LogP contribution is 2.36. The van der Waals surface area contributed by atoms with Gasteiger partial charge in [0.15, 0.2) is 5.69 Å². The zero-order valence-corrected chi connectivity index (χ0v) is 9.92. The van der Waals surface area contributed by atoms with Crippen molar-refractivity contribution in [3.63, 3.8) is 0 Å². The molecule has 0 fully saturated rings. The smallest absolute Gasteiger partial charge is 0.364 e. The van der Waals surface area contributed by atoms with E-state index in [0.29, 0.717) is 0 Å². The molecule has 19 heavy (non-hydrogen) atoms. The summed E-state index contributed by atoms with van der Waals surface area (Å²) in [4.78, 5) is 11.6. The van der Waals surface area contributed by atoms with Gasteiger partial charge in [0.1, 0.15) is 6.26 Å². The Hall–Kier alpha value is -2.02. The van der Waals surface area contributed by atoms with Crippen molar-refractivity contribution in [2.24, 2.45) is 0 Å². The third kappa shape index (κ3) is 3.05. The van der Waals surface area contributed by atoms with E-state index in [-0.39, 0.29) is 10.7 Å². The van der Waals surface area contributed by atoms with Gasteiger partial charge in [0.25, 0.3) is 5.91 Å². The number of amides is 1. The van der Waals surface area contributed by atoms with Crippen LogP contribution in [0.25, 0.3) is 0 Å². The molecule has 1 aromatic heterocycles. The molecule has 0 saturated heterocycles. The lowest BCUT2D eigenvalue weighted by molar-refractivity contribution is -0.136. The summed E-state index contributed by atoms with van der Waals surface area (Å²) in [5.74, 6) is -0.804. The molecule has 0 unspecified atom stereocenters. The molecule has 1 N–H and O–H groups in total. The number of alkyl halides is 3. The number of hydrogen-bond acceptors (Lipinski definition) is 3. The highest BCUT2D eigenvalue weighted by atomic mass is 35.5. The van der Waals surface area contributed by atoms with Crippen LogP contribution < -0.4 is 5.32 Å². The van der Waals surface area contributed by atoms with Crippen LogP contribution in [0, 0.1) is 0 Å². The number of carbonyl (C=O) groups excluding carboxylic acids is 1. The fourth-order valence-electron chi connectivity index (χ4n) is 1.38. The Morgan fingerprint density at radius 1 is 1.32 bits per heavy atom. The largest absolute Gasteiger partial charge is 0.418 e. The molecule has 0 aliphatic carbocycles. The van der Waals surface area contributed by atoms with E-state index in [1.54, 1.807) is 0 Å². The number of hydrogen-bond donors (Lipinski definition) is 1. The molecule has 0 aliphatic heterocycles. The van der Waals surface area contributed by atoms with Crippen LogP contribution in [-0.2, 0) is 6.18 Å². The van der Waals surface area contributed by atoms with Gasteiger partial charge in [-0.25, -0.2) is 0 Å². The van der Waals surface area contributed by atoms with Crippen LogP contribution in [0.4, 0.5) is 18.9 Å². The summed E-state index contributed by atoms with van der Waals surface area (Å²) in [5, 5.41) is 5.36. The van der Waals surface area contributed by atoms with E-state index < -0.39 is 23.3 Å². The summed E-state index contributed by atoms with van der Waals surface area (Å²) in [7, 11) is 0. The van der Waals surface area contributed by atoms with Crippen LogP contribution >= 0.6 is 11.6 Å². The first-order valence-electron chi connectivity index (χ1n) is 4.96. The minimum Gasteiger partial charge on any atom is -0.364 e. The molecule has 0 radical (unpaired) electrons. The zero-order chi connectivity index (χ0) is 14.0. The van der Waals surface area contributed by atoms with Gasteiger partial charge in [-0.2, -0.15) is 13.2 Å². The summed E-state index contributed by atoms with van der Waals surface area (Å²) in [6.45, 7) is 0. The number of benzene rings is 1. The van der Waals surface area contributed by atoms with E-state index >= 15 is 0 Å². The van der Waals surface area contributed by atoms with Gasteiger partial charge in [0.2, 0.25) is 0 Å². The molecule has 8 heteroatoms. The van der Waals surface area contributed by atoms with Crippen molar-refractivity contribution in [1.29, 1.82) is 0 Å². The highest BCUT2D eigenvalue weighted by Gasteiger charge is 2.34. The lowest BCUT2D eigenvalue weighted by Crippen LogP contribution is -2.16. The Balaban J connectivity index is 2.33. The minimum atomic E-state index is -4.63. The molecular weight excluding hydrogens is 285 g/mol. The third-order valence-corrected chi connectivity index (χ3v) is 2.44. The predicted molar refractivity (Wildman–Crippen MR) is 60.9 cm³/mol. The van der Waals surface area contributed by atoms with Crippen molar-refractivity contribution in [3.8, 4) is 0 Å². The fourth-order valence-corrected chi connectivity index (χ4v) is 1.55. The molecule has 1 amide bonds. The van der Waals surface area contributed by atoms with Crippen molar-refractivity contribution in [3.05, 3.63) is 46.8 Å². The maximum Gasteiger partial charge on any atom is 0.418 e.